The van der Waals surface area contributed by atoms with Crippen LogP contribution in [-0.4, -0.2) is 39.8 Å². The lowest BCUT2D eigenvalue weighted by Crippen LogP contribution is -2.53. The zero-order valence-electron chi connectivity index (χ0n) is 17.1. The second-order valence-corrected chi connectivity index (χ2v) is 7.55. The molecule has 0 radical (unpaired) electrons. The molecule has 1 aliphatic rings. The van der Waals surface area contributed by atoms with Gasteiger partial charge < -0.3 is 27.4 Å². The first-order valence-electron chi connectivity index (χ1n) is 10.0. The van der Waals surface area contributed by atoms with E-state index in [2.05, 4.69) is 25.9 Å². The van der Waals surface area contributed by atoms with E-state index in [9.17, 15) is 9.18 Å². The fraction of sp³-hybridized carbons (Fsp3) is 0.333. The van der Waals surface area contributed by atoms with Gasteiger partial charge in [0.15, 0.2) is 0 Å². The number of carbonyl (C=O) groups excluding carboxylic acids is 1. The van der Waals surface area contributed by atoms with E-state index in [0.717, 1.165) is 37.6 Å². The number of rotatable bonds is 8. The van der Waals surface area contributed by atoms with Gasteiger partial charge in [-0.15, -0.1) is 0 Å². The number of nitrogens with zero attached hydrogens (tertiary/aromatic N) is 2. The summed E-state index contributed by atoms with van der Waals surface area (Å²) in [5.41, 5.74) is 11.3. The number of nitrogens with one attached hydrogen (secondary N) is 4. The molecule has 1 saturated carbocycles. The standard InChI is InChI=1S/C21H27FN8O/c22-17-11-15(6-10-26-17)30-19(24)16(20(25)31)12-28-21(13-23)7-4-14(5-8-21)29-18-3-1-2-9-27-18/h1-3,6,9-12,14,28H,4-5,7-8,13,23H2,(H2,25,31)(H,27,29)(H2,24,26,30)/b16-12+. The predicted molar refractivity (Wildman–Crippen MR) is 118 cm³/mol. The summed E-state index contributed by atoms with van der Waals surface area (Å²) < 4.78 is 13.3. The number of amidine groups is 1. The van der Waals surface area contributed by atoms with Crippen molar-refractivity contribution < 1.29 is 9.18 Å². The topological polar surface area (TPSA) is 155 Å². The van der Waals surface area contributed by atoms with E-state index in [1.807, 2.05) is 18.2 Å². The molecule has 2 aromatic rings. The van der Waals surface area contributed by atoms with Gasteiger partial charge in [-0.05, 0) is 43.9 Å². The fourth-order valence-corrected chi connectivity index (χ4v) is 3.56. The number of pyridine rings is 2. The van der Waals surface area contributed by atoms with Gasteiger partial charge in [0.05, 0.1) is 5.57 Å². The maximum atomic E-state index is 13.3. The molecule has 1 amide bonds. The van der Waals surface area contributed by atoms with Gasteiger partial charge in [0.2, 0.25) is 5.95 Å². The Labute approximate surface area is 180 Å². The van der Waals surface area contributed by atoms with Crippen molar-refractivity contribution in [3.05, 3.63) is 60.4 Å². The number of hydrogen-bond acceptors (Lipinski definition) is 7. The van der Waals surface area contributed by atoms with E-state index in [1.54, 1.807) is 6.20 Å². The predicted octanol–water partition coefficient (Wildman–Crippen LogP) is 1.72. The molecular weight excluding hydrogens is 399 g/mol. The number of anilines is 2. The summed E-state index contributed by atoms with van der Waals surface area (Å²) in [4.78, 5) is 19.7. The maximum absolute atomic E-state index is 13.3. The lowest BCUT2D eigenvalue weighted by molar-refractivity contribution is -0.114. The van der Waals surface area contributed by atoms with Gasteiger partial charge in [0, 0.05) is 48.5 Å². The minimum Gasteiger partial charge on any atom is -0.383 e. The average Bonchev–Trinajstić information content (AvgIpc) is 2.76. The van der Waals surface area contributed by atoms with Crippen molar-refractivity contribution in [2.24, 2.45) is 11.5 Å². The van der Waals surface area contributed by atoms with Gasteiger partial charge >= 0.3 is 0 Å². The van der Waals surface area contributed by atoms with E-state index in [0.29, 0.717) is 12.2 Å². The van der Waals surface area contributed by atoms with Gasteiger partial charge in [-0.25, -0.2) is 9.97 Å². The van der Waals surface area contributed by atoms with Crippen LogP contribution in [0.2, 0.25) is 0 Å². The summed E-state index contributed by atoms with van der Waals surface area (Å²) in [7, 11) is 0. The highest BCUT2D eigenvalue weighted by Crippen LogP contribution is 2.29. The summed E-state index contributed by atoms with van der Waals surface area (Å²) in [6.07, 6.45) is 7.71. The largest absolute Gasteiger partial charge is 0.383 e. The van der Waals surface area contributed by atoms with Crippen LogP contribution in [0.3, 0.4) is 0 Å². The molecule has 8 N–H and O–H groups in total. The molecule has 10 heteroatoms. The highest BCUT2D eigenvalue weighted by molar-refractivity contribution is 6.23. The SMILES string of the molecule is N=C(Nc1ccnc(F)c1)/C(=C\NC1(CN)CCC(Nc2ccccn2)CC1)C(N)=O. The first kappa shape index (κ1) is 22.2. The maximum Gasteiger partial charge on any atom is 0.253 e. The molecule has 31 heavy (non-hydrogen) atoms. The number of amides is 1. The zero-order chi connectivity index (χ0) is 22.3. The molecule has 0 bridgehead atoms. The number of aromatic nitrogens is 2. The molecule has 2 aromatic heterocycles. The molecule has 0 spiro atoms. The Bertz CT molecular complexity index is 941. The van der Waals surface area contributed by atoms with Gasteiger partial charge in [-0.1, -0.05) is 6.07 Å². The van der Waals surface area contributed by atoms with Crippen molar-refractivity contribution in [3.63, 3.8) is 0 Å². The molecule has 0 unspecified atom stereocenters. The van der Waals surface area contributed by atoms with Crippen LogP contribution in [0.15, 0.2) is 54.5 Å². The average molecular weight is 427 g/mol. The molecule has 1 fully saturated rings. The molecule has 0 saturated heterocycles. The number of carbonyl (C=O) groups is 1. The summed E-state index contributed by atoms with van der Waals surface area (Å²) in [6, 6.07) is 8.62. The van der Waals surface area contributed by atoms with Crippen molar-refractivity contribution >= 4 is 23.2 Å². The minimum atomic E-state index is -0.780. The third-order valence-corrected chi connectivity index (χ3v) is 5.40. The highest BCUT2D eigenvalue weighted by Gasteiger charge is 2.33. The van der Waals surface area contributed by atoms with Crippen LogP contribution in [0.25, 0.3) is 0 Å². The summed E-state index contributed by atoms with van der Waals surface area (Å²) in [5, 5.41) is 17.5. The molecule has 0 atom stereocenters. The van der Waals surface area contributed by atoms with Crippen molar-refractivity contribution in [1.82, 2.24) is 15.3 Å². The molecule has 2 heterocycles. The molecule has 164 valence electrons. The van der Waals surface area contributed by atoms with Gasteiger partial charge in [-0.2, -0.15) is 4.39 Å². The lowest BCUT2D eigenvalue weighted by atomic mass is 9.79. The number of primary amides is 1. The highest BCUT2D eigenvalue weighted by atomic mass is 19.1. The van der Waals surface area contributed by atoms with Crippen molar-refractivity contribution in [2.45, 2.75) is 37.3 Å². The Morgan fingerprint density at radius 3 is 2.65 bits per heavy atom. The van der Waals surface area contributed by atoms with Crippen LogP contribution >= 0.6 is 0 Å². The fourth-order valence-electron chi connectivity index (χ4n) is 3.56. The molecule has 0 aliphatic heterocycles. The van der Waals surface area contributed by atoms with E-state index in [1.165, 1.54) is 18.5 Å². The Kier molecular flexibility index (Phi) is 7.14. The zero-order valence-corrected chi connectivity index (χ0v) is 17.1. The van der Waals surface area contributed by atoms with Gasteiger partial charge in [0.25, 0.3) is 5.91 Å². The molecule has 1 aliphatic carbocycles. The van der Waals surface area contributed by atoms with Crippen LogP contribution < -0.4 is 27.4 Å². The van der Waals surface area contributed by atoms with E-state index >= 15 is 0 Å². The number of nitrogens with two attached hydrogens (primary N) is 2. The van der Waals surface area contributed by atoms with Crippen molar-refractivity contribution in [1.29, 1.82) is 5.41 Å². The first-order chi connectivity index (χ1) is 14.9. The van der Waals surface area contributed by atoms with Crippen LogP contribution in [0, 0.1) is 11.4 Å². The Morgan fingerprint density at radius 2 is 2.03 bits per heavy atom. The Hall–Kier alpha value is -3.53. The van der Waals surface area contributed by atoms with Crippen molar-refractivity contribution in [3.8, 4) is 0 Å². The summed E-state index contributed by atoms with van der Waals surface area (Å²) in [6.45, 7) is 0.363. The second-order valence-electron chi connectivity index (χ2n) is 7.55. The van der Waals surface area contributed by atoms with Crippen LogP contribution in [0.4, 0.5) is 15.9 Å². The number of halogens is 1. The Balaban J connectivity index is 1.63. The van der Waals surface area contributed by atoms with Gasteiger partial charge in [-0.3, -0.25) is 10.2 Å². The molecule has 9 nitrogen and oxygen atoms in total. The number of hydrogen-bond donors (Lipinski definition) is 6. The van der Waals surface area contributed by atoms with Crippen molar-refractivity contribution in [2.75, 3.05) is 17.2 Å². The Morgan fingerprint density at radius 1 is 1.26 bits per heavy atom. The smallest absolute Gasteiger partial charge is 0.253 e. The normalized spacial score (nSPS) is 21.2. The second kappa shape index (κ2) is 9.98. The summed E-state index contributed by atoms with van der Waals surface area (Å²) >= 11 is 0. The van der Waals surface area contributed by atoms with E-state index in [-0.39, 0.29) is 17.5 Å². The van der Waals surface area contributed by atoms with E-state index < -0.39 is 17.4 Å². The van der Waals surface area contributed by atoms with Crippen LogP contribution in [0.5, 0.6) is 0 Å². The molecular formula is C21H27FN8O. The van der Waals surface area contributed by atoms with Crippen LogP contribution in [0.1, 0.15) is 25.7 Å². The quantitative estimate of drug-likeness (QED) is 0.162. The first-order valence-corrected chi connectivity index (χ1v) is 10.0. The van der Waals surface area contributed by atoms with E-state index in [4.69, 9.17) is 16.9 Å². The van der Waals surface area contributed by atoms with Crippen LogP contribution in [-0.2, 0) is 4.79 Å². The van der Waals surface area contributed by atoms with Gasteiger partial charge in [0.1, 0.15) is 11.7 Å². The third kappa shape index (κ3) is 5.98. The molecule has 3 rings (SSSR count). The monoisotopic (exact) mass is 426 g/mol. The third-order valence-electron chi connectivity index (χ3n) is 5.40. The molecule has 0 aromatic carbocycles. The summed E-state index contributed by atoms with van der Waals surface area (Å²) in [5.74, 6) is -0.886. The lowest BCUT2D eigenvalue weighted by Gasteiger charge is -2.40. The minimum absolute atomic E-state index is 0.0567.